The number of ether oxygens (including phenoxy) is 1. The first-order chi connectivity index (χ1) is 6.66. The lowest BCUT2D eigenvalue weighted by Crippen LogP contribution is -2.07. The van der Waals surface area contributed by atoms with Gasteiger partial charge in [-0.2, -0.15) is 0 Å². The maximum Gasteiger partial charge on any atom is 0.238 e. The minimum Gasteiger partial charge on any atom is -0.474 e. The summed E-state index contributed by atoms with van der Waals surface area (Å²) >= 11 is 0. The highest BCUT2D eigenvalue weighted by Gasteiger charge is 2.20. The lowest BCUT2D eigenvalue weighted by molar-refractivity contribution is 0.322. The van der Waals surface area contributed by atoms with Crippen molar-refractivity contribution in [1.82, 2.24) is 4.98 Å². The van der Waals surface area contributed by atoms with E-state index in [0.717, 1.165) is 12.3 Å². The van der Waals surface area contributed by atoms with Crippen LogP contribution in [0.3, 0.4) is 0 Å². The molecule has 0 radical (unpaired) electrons. The Bertz CT molecular complexity index is 392. The van der Waals surface area contributed by atoms with Crippen LogP contribution in [0.4, 0.5) is 8.78 Å². The van der Waals surface area contributed by atoms with Gasteiger partial charge < -0.3 is 4.74 Å². The van der Waals surface area contributed by atoms with E-state index >= 15 is 0 Å². The lowest BCUT2D eigenvalue weighted by Gasteiger charge is -2.01. The van der Waals surface area contributed by atoms with Crippen LogP contribution in [0.15, 0.2) is 17.3 Å². The molecular weight excluding hydrogens is 190 g/mol. The summed E-state index contributed by atoms with van der Waals surface area (Å²) in [5, 5.41) is 0. The highest BCUT2D eigenvalue weighted by molar-refractivity contribution is 5.93. The van der Waals surface area contributed by atoms with Gasteiger partial charge in [0, 0.05) is 6.07 Å². The molecule has 0 aromatic carbocycles. The first-order valence-electron chi connectivity index (χ1n) is 4.19. The second kappa shape index (κ2) is 3.32. The topological polar surface area (TPSA) is 34.5 Å². The molecule has 0 spiro atoms. The molecule has 2 rings (SSSR count). The Morgan fingerprint density at radius 2 is 2.29 bits per heavy atom. The van der Waals surface area contributed by atoms with E-state index in [1.165, 1.54) is 0 Å². The summed E-state index contributed by atoms with van der Waals surface area (Å²) in [6.45, 7) is 2.25. The van der Waals surface area contributed by atoms with E-state index in [4.69, 9.17) is 4.74 Å². The smallest absolute Gasteiger partial charge is 0.238 e. The lowest BCUT2D eigenvalue weighted by atomic mass is 10.3. The largest absolute Gasteiger partial charge is 0.474 e. The number of aromatic nitrogens is 1. The van der Waals surface area contributed by atoms with Crippen molar-refractivity contribution in [1.29, 1.82) is 0 Å². The quantitative estimate of drug-likeness (QED) is 0.685. The van der Waals surface area contributed by atoms with E-state index < -0.39 is 11.6 Å². The van der Waals surface area contributed by atoms with E-state index in [-0.39, 0.29) is 17.6 Å². The molecule has 14 heavy (non-hydrogen) atoms. The molecule has 1 aliphatic rings. The molecule has 0 saturated carbocycles. The van der Waals surface area contributed by atoms with E-state index in [0.29, 0.717) is 6.61 Å². The number of nitrogens with zero attached hydrogens (tertiary/aromatic N) is 2. The van der Waals surface area contributed by atoms with Crippen LogP contribution in [0.25, 0.3) is 0 Å². The molecule has 1 aromatic rings. The minimum absolute atomic E-state index is 0.00347. The Morgan fingerprint density at radius 3 is 2.86 bits per heavy atom. The van der Waals surface area contributed by atoms with Crippen LogP contribution < -0.4 is 0 Å². The summed E-state index contributed by atoms with van der Waals surface area (Å²) < 4.78 is 30.8. The van der Waals surface area contributed by atoms with Crippen molar-refractivity contribution in [3.05, 3.63) is 29.6 Å². The van der Waals surface area contributed by atoms with Crippen molar-refractivity contribution < 1.29 is 13.5 Å². The zero-order valence-corrected chi connectivity index (χ0v) is 7.50. The van der Waals surface area contributed by atoms with Gasteiger partial charge in [-0.25, -0.2) is 18.8 Å². The summed E-state index contributed by atoms with van der Waals surface area (Å²) in [6, 6.07) is 0.758. The highest BCUT2D eigenvalue weighted by Crippen LogP contribution is 2.13. The second-order valence-corrected chi connectivity index (χ2v) is 3.08. The molecule has 2 heterocycles. The van der Waals surface area contributed by atoms with Gasteiger partial charge in [-0.1, -0.05) is 0 Å². The average molecular weight is 198 g/mol. The SMILES string of the molecule is CC1COC(c2ncc(F)cc2F)=N1. The molecule has 3 nitrogen and oxygen atoms in total. The van der Waals surface area contributed by atoms with Gasteiger partial charge in [-0.15, -0.1) is 0 Å². The van der Waals surface area contributed by atoms with Crippen LogP contribution in [0.2, 0.25) is 0 Å². The number of hydrogen-bond acceptors (Lipinski definition) is 3. The van der Waals surface area contributed by atoms with Gasteiger partial charge in [0.25, 0.3) is 0 Å². The number of rotatable bonds is 1. The molecule has 74 valence electrons. The minimum atomic E-state index is -0.752. The van der Waals surface area contributed by atoms with Gasteiger partial charge in [0.05, 0.1) is 12.2 Å². The van der Waals surface area contributed by atoms with Crippen molar-refractivity contribution in [3.8, 4) is 0 Å². The van der Waals surface area contributed by atoms with Crippen molar-refractivity contribution in [2.75, 3.05) is 6.61 Å². The van der Waals surface area contributed by atoms with Crippen LogP contribution >= 0.6 is 0 Å². The third-order valence-electron chi connectivity index (χ3n) is 1.81. The summed E-state index contributed by atoms with van der Waals surface area (Å²) in [7, 11) is 0. The molecule has 1 unspecified atom stereocenters. The normalized spacial score (nSPS) is 20.5. The Balaban J connectivity index is 2.37. The van der Waals surface area contributed by atoms with Crippen molar-refractivity contribution in [2.45, 2.75) is 13.0 Å². The zero-order chi connectivity index (χ0) is 10.1. The molecule has 1 atom stereocenters. The highest BCUT2D eigenvalue weighted by atomic mass is 19.1. The van der Waals surface area contributed by atoms with Crippen molar-refractivity contribution in [2.24, 2.45) is 4.99 Å². The van der Waals surface area contributed by atoms with Crippen LogP contribution in [-0.2, 0) is 4.74 Å². The predicted octanol–water partition coefficient (Wildman–Crippen LogP) is 1.53. The summed E-state index contributed by atoms with van der Waals surface area (Å²) in [5.74, 6) is -1.31. The summed E-state index contributed by atoms with van der Waals surface area (Å²) in [5.41, 5.74) is -0.0317. The average Bonchev–Trinajstić information content (AvgIpc) is 2.51. The first kappa shape index (κ1) is 9.05. The number of halogens is 2. The van der Waals surface area contributed by atoms with E-state index in [1.54, 1.807) is 0 Å². The fourth-order valence-electron chi connectivity index (χ4n) is 1.18. The standard InChI is InChI=1S/C9H8F2N2O/c1-5-4-14-9(13-5)8-7(11)2-6(10)3-12-8/h2-3,5H,4H2,1H3. The Morgan fingerprint density at radius 1 is 1.50 bits per heavy atom. The number of aliphatic imine (C=N–C) groups is 1. The van der Waals surface area contributed by atoms with Crippen molar-refractivity contribution in [3.63, 3.8) is 0 Å². The third kappa shape index (κ3) is 1.57. The van der Waals surface area contributed by atoms with E-state index in [9.17, 15) is 8.78 Å². The Labute approximate surface area is 79.4 Å². The first-order valence-corrected chi connectivity index (χ1v) is 4.19. The van der Waals surface area contributed by atoms with E-state index in [1.807, 2.05) is 6.92 Å². The Hall–Kier alpha value is -1.52. The monoisotopic (exact) mass is 198 g/mol. The predicted molar refractivity (Wildman–Crippen MR) is 46.1 cm³/mol. The fraction of sp³-hybridized carbons (Fsp3) is 0.333. The van der Waals surface area contributed by atoms with Gasteiger partial charge in [0.15, 0.2) is 11.5 Å². The van der Waals surface area contributed by atoms with Crippen LogP contribution in [0.1, 0.15) is 12.6 Å². The second-order valence-electron chi connectivity index (χ2n) is 3.08. The van der Waals surface area contributed by atoms with Crippen LogP contribution in [0.5, 0.6) is 0 Å². The molecule has 0 amide bonds. The maximum absolute atomic E-state index is 13.2. The number of hydrogen-bond donors (Lipinski definition) is 0. The van der Waals surface area contributed by atoms with Gasteiger partial charge >= 0.3 is 0 Å². The molecule has 0 N–H and O–H groups in total. The van der Waals surface area contributed by atoms with Gasteiger partial charge in [0.2, 0.25) is 5.90 Å². The maximum atomic E-state index is 13.2. The Kier molecular flexibility index (Phi) is 2.15. The molecule has 0 bridgehead atoms. The van der Waals surface area contributed by atoms with Gasteiger partial charge in [-0.3, -0.25) is 0 Å². The molecule has 1 aliphatic heterocycles. The van der Waals surface area contributed by atoms with Crippen molar-refractivity contribution >= 4 is 5.90 Å². The van der Waals surface area contributed by atoms with Crippen LogP contribution in [-0.4, -0.2) is 23.5 Å². The number of pyridine rings is 1. The van der Waals surface area contributed by atoms with E-state index in [2.05, 4.69) is 9.98 Å². The summed E-state index contributed by atoms with van der Waals surface area (Å²) in [4.78, 5) is 7.61. The molecule has 5 heteroatoms. The van der Waals surface area contributed by atoms with Gasteiger partial charge in [-0.05, 0) is 6.92 Å². The molecule has 0 saturated heterocycles. The molecule has 1 aromatic heterocycles. The van der Waals surface area contributed by atoms with Crippen LogP contribution in [0, 0.1) is 11.6 Å². The molecule has 0 fully saturated rings. The van der Waals surface area contributed by atoms with Gasteiger partial charge in [0.1, 0.15) is 12.4 Å². The molecular formula is C9H8F2N2O. The third-order valence-corrected chi connectivity index (χ3v) is 1.81. The fourth-order valence-corrected chi connectivity index (χ4v) is 1.18. The summed E-state index contributed by atoms with van der Waals surface area (Å²) in [6.07, 6.45) is 0.938. The molecule has 0 aliphatic carbocycles. The zero-order valence-electron chi connectivity index (χ0n) is 7.50.